The van der Waals surface area contributed by atoms with E-state index in [1.54, 1.807) is 10.8 Å². The van der Waals surface area contributed by atoms with Gasteiger partial charge in [-0.1, -0.05) is 33.7 Å². The SMILES string of the molecule is C1=CC(c2ccccn2)SS1.O=C1CCC(=O)N1O. The summed E-state index contributed by atoms with van der Waals surface area (Å²) in [5.74, 6) is -1.01. The van der Waals surface area contributed by atoms with Crippen molar-refractivity contribution in [3.63, 3.8) is 0 Å². The number of imide groups is 1. The first kappa shape index (κ1) is 14.1. The highest BCUT2D eigenvalue weighted by Gasteiger charge is 2.26. The van der Waals surface area contributed by atoms with Crippen LogP contribution in [0.4, 0.5) is 0 Å². The molecule has 2 aliphatic rings. The average molecular weight is 296 g/mol. The Morgan fingerprint density at radius 3 is 2.42 bits per heavy atom. The van der Waals surface area contributed by atoms with Gasteiger partial charge in [0.2, 0.25) is 0 Å². The average Bonchev–Trinajstić information content (AvgIpc) is 3.07. The molecular weight excluding hydrogens is 284 g/mol. The Morgan fingerprint density at radius 1 is 1.26 bits per heavy atom. The lowest BCUT2D eigenvalue weighted by Gasteiger charge is -2.02. The molecule has 5 nitrogen and oxygen atoms in total. The van der Waals surface area contributed by atoms with Crippen molar-refractivity contribution < 1.29 is 14.8 Å². The van der Waals surface area contributed by atoms with Crippen LogP contribution in [0.5, 0.6) is 0 Å². The van der Waals surface area contributed by atoms with Crippen LogP contribution in [0.2, 0.25) is 0 Å². The van der Waals surface area contributed by atoms with Gasteiger partial charge in [0.05, 0.1) is 10.9 Å². The second-order valence-corrected chi connectivity index (χ2v) is 6.12. The summed E-state index contributed by atoms with van der Waals surface area (Å²) in [6.07, 6.45) is 4.31. The molecule has 1 aromatic heterocycles. The van der Waals surface area contributed by atoms with Crippen LogP contribution in [0.15, 0.2) is 35.9 Å². The molecule has 100 valence electrons. The molecule has 7 heteroatoms. The molecule has 0 bridgehead atoms. The van der Waals surface area contributed by atoms with Gasteiger partial charge in [-0.2, -0.15) is 5.06 Å². The predicted octanol–water partition coefficient (Wildman–Crippen LogP) is 2.56. The highest BCUT2D eigenvalue weighted by Crippen LogP contribution is 2.44. The van der Waals surface area contributed by atoms with Crippen LogP contribution in [-0.2, 0) is 9.59 Å². The fraction of sp³-hybridized carbons (Fsp3) is 0.250. The molecule has 0 saturated carbocycles. The number of hydrogen-bond acceptors (Lipinski definition) is 6. The summed E-state index contributed by atoms with van der Waals surface area (Å²) >= 11 is 0. The summed E-state index contributed by atoms with van der Waals surface area (Å²) in [4.78, 5) is 24.8. The first-order valence-electron chi connectivity index (χ1n) is 5.63. The number of rotatable bonds is 1. The van der Waals surface area contributed by atoms with Gasteiger partial charge in [0.25, 0.3) is 11.8 Å². The topological polar surface area (TPSA) is 70.5 Å². The Morgan fingerprint density at radius 2 is 2.00 bits per heavy atom. The second-order valence-electron chi connectivity index (χ2n) is 3.80. The third kappa shape index (κ3) is 3.82. The van der Waals surface area contributed by atoms with E-state index in [2.05, 4.69) is 22.5 Å². The summed E-state index contributed by atoms with van der Waals surface area (Å²) in [5.41, 5.74) is 1.15. The predicted molar refractivity (Wildman–Crippen MR) is 74.2 cm³/mol. The number of amides is 2. The molecule has 2 aliphatic heterocycles. The van der Waals surface area contributed by atoms with E-state index in [1.165, 1.54) is 0 Å². The van der Waals surface area contributed by atoms with Crippen LogP contribution < -0.4 is 0 Å². The van der Waals surface area contributed by atoms with Gasteiger partial charge in [0.15, 0.2) is 0 Å². The number of hydroxylamine groups is 2. The lowest BCUT2D eigenvalue weighted by Crippen LogP contribution is -2.24. The fourth-order valence-corrected chi connectivity index (χ4v) is 3.60. The quantitative estimate of drug-likeness (QED) is 0.488. The maximum atomic E-state index is 10.2. The molecular formula is C12H12N2O3S2. The third-order valence-electron chi connectivity index (χ3n) is 2.47. The van der Waals surface area contributed by atoms with Crippen molar-refractivity contribution in [2.75, 3.05) is 0 Å². The van der Waals surface area contributed by atoms with Gasteiger partial charge in [0, 0.05) is 19.0 Å². The molecule has 0 aromatic carbocycles. The Bertz CT molecular complexity index is 477. The Balaban J connectivity index is 0.000000148. The van der Waals surface area contributed by atoms with Gasteiger partial charge in [0.1, 0.15) is 0 Å². The van der Waals surface area contributed by atoms with Crippen LogP contribution in [0.1, 0.15) is 23.8 Å². The Kier molecular flexibility index (Phi) is 5.00. The van der Waals surface area contributed by atoms with Crippen LogP contribution in [0, 0.1) is 0 Å². The first-order chi connectivity index (χ1) is 9.18. The molecule has 1 fully saturated rings. The van der Waals surface area contributed by atoms with Gasteiger partial charge in [-0.25, -0.2) is 0 Å². The molecule has 0 spiro atoms. The van der Waals surface area contributed by atoms with Gasteiger partial charge in [-0.3, -0.25) is 19.8 Å². The number of aromatic nitrogens is 1. The molecule has 19 heavy (non-hydrogen) atoms. The standard InChI is InChI=1S/C8H7NS2.C4H5NO3/c1-2-5-9-7(3-1)8-4-6-10-11-8;6-3-1-2-4(7)5(3)8/h1-6,8H;8H,1-2H2. The molecule has 2 amide bonds. The summed E-state index contributed by atoms with van der Waals surface area (Å²) in [7, 11) is 3.61. The summed E-state index contributed by atoms with van der Waals surface area (Å²) in [5, 5.41) is 11.1. The number of nitrogens with zero attached hydrogens (tertiary/aromatic N) is 2. The van der Waals surface area contributed by atoms with Crippen LogP contribution in [-0.4, -0.2) is 27.1 Å². The largest absolute Gasteiger partial charge is 0.279 e. The molecule has 3 rings (SSSR count). The Labute approximate surface area is 118 Å². The number of hydrogen-bond donors (Lipinski definition) is 1. The second kappa shape index (κ2) is 6.74. The minimum absolute atomic E-state index is 0.148. The van der Waals surface area contributed by atoms with Crippen LogP contribution >= 0.6 is 21.6 Å². The molecule has 3 heterocycles. The zero-order valence-corrected chi connectivity index (χ0v) is 11.6. The van der Waals surface area contributed by atoms with E-state index in [4.69, 9.17) is 5.21 Å². The minimum Gasteiger partial charge on any atom is -0.279 e. The highest BCUT2D eigenvalue weighted by atomic mass is 33.1. The van der Waals surface area contributed by atoms with E-state index in [1.807, 2.05) is 29.1 Å². The zero-order chi connectivity index (χ0) is 13.7. The van der Waals surface area contributed by atoms with Crippen molar-refractivity contribution in [2.45, 2.75) is 18.1 Å². The smallest absolute Gasteiger partial charge is 0.253 e. The minimum atomic E-state index is -0.505. The van der Waals surface area contributed by atoms with Gasteiger partial charge in [-0.05, 0) is 17.5 Å². The van der Waals surface area contributed by atoms with Crippen molar-refractivity contribution in [1.29, 1.82) is 0 Å². The van der Waals surface area contributed by atoms with Crippen molar-refractivity contribution in [1.82, 2.24) is 10.0 Å². The fourth-order valence-electron chi connectivity index (χ4n) is 1.48. The van der Waals surface area contributed by atoms with Crippen molar-refractivity contribution in [2.24, 2.45) is 0 Å². The van der Waals surface area contributed by atoms with E-state index >= 15 is 0 Å². The van der Waals surface area contributed by atoms with Crippen LogP contribution in [0.25, 0.3) is 0 Å². The van der Waals surface area contributed by atoms with E-state index in [-0.39, 0.29) is 17.9 Å². The van der Waals surface area contributed by atoms with Gasteiger partial charge < -0.3 is 0 Å². The van der Waals surface area contributed by atoms with Crippen molar-refractivity contribution in [3.8, 4) is 0 Å². The third-order valence-corrected chi connectivity index (χ3v) is 4.75. The number of carbonyl (C=O) groups is 2. The van der Waals surface area contributed by atoms with Gasteiger partial charge in [-0.15, -0.1) is 0 Å². The lowest BCUT2D eigenvalue weighted by atomic mass is 10.3. The lowest BCUT2D eigenvalue weighted by molar-refractivity contribution is -0.171. The molecule has 1 atom stereocenters. The van der Waals surface area contributed by atoms with E-state index in [0.717, 1.165) is 5.69 Å². The highest BCUT2D eigenvalue weighted by molar-refractivity contribution is 8.78. The molecule has 0 aliphatic carbocycles. The summed E-state index contributed by atoms with van der Waals surface area (Å²) in [6, 6.07) is 6.04. The van der Waals surface area contributed by atoms with E-state index < -0.39 is 11.8 Å². The summed E-state index contributed by atoms with van der Waals surface area (Å²) in [6.45, 7) is 0. The molecule has 0 radical (unpaired) electrons. The van der Waals surface area contributed by atoms with Gasteiger partial charge >= 0.3 is 0 Å². The van der Waals surface area contributed by atoms with E-state index in [9.17, 15) is 9.59 Å². The first-order valence-corrected chi connectivity index (χ1v) is 7.90. The summed E-state index contributed by atoms with van der Waals surface area (Å²) < 4.78 is 0. The van der Waals surface area contributed by atoms with Crippen LogP contribution in [0.3, 0.4) is 0 Å². The monoisotopic (exact) mass is 296 g/mol. The molecule has 1 N–H and O–H groups in total. The Hall–Kier alpha value is -1.31. The normalized spacial score (nSPS) is 21.5. The van der Waals surface area contributed by atoms with Crippen molar-refractivity contribution >= 4 is 33.4 Å². The molecule has 1 unspecified atom stereocenters. The maximum absolute atomic E-state index is 10.2. The van der Waals surface area contributed by atoms with Crippen molar-refractivity contribution in [3.05, 3.63) is 41.6 Å². The number of pyridine rings is 1. The maximum Gasteiger partial charge on any atom is 0.253 e. The molecule has 1 saturated heterocycles. The zero-order valence-electron chi connectivity index (χ0n) is 9.93. The molecule has 1 aromatic rings. The number of carbonyl (C=O) groups excluding carboxylic acids is 2. The van der Waals surface area contributed by atoms with E-state index in [0.29, 0.717) is 5.25 Å².